The highest BCUT2D eigenvalue weighted by atomic mass is 19.4. The zero-order chi connectivity index (χ0) is 23.3. The quantitative estimate of drug-likeness (QED) is 0.411. The fraction of sp³-hybridized carbons (Fsp3) is 0.182. The Balaban J connectivity index is 1.74. The lowest BCUT2D eigenvalue weighted by atomic mass is 10.2. The van der Waals surface area contributed by atoms with Gasteiger partial charge >= 0.3 is 6.18 Å². The summed E-state index contributed by atoms with van der Waals surface area (Å²) in [6.07, 6.45) is -1.20. The molecule has 6 nitrogen and oxygen atoms in total. The second-order valence-corrected chi connectivity index (χ2v) is 6.75. The molecule has 0 spiro atoms. The summed E-state index contributed by atoms with van der Waals surface area (Å²) in [5.74, 6) is -1.84. The summed E-state index contributed by atoms with van der Waals surface area (Å²) in [5, 5.41) is 5.40. The van der Waals surface area contributed by atoms with Crippen LogP contribution in [0.5, 0.6) is 5.75 Å². The smallest absolute Gasteiger partial charge is 0.449 e. The number of methoxy groups -OCH3 is 1. The summed E-state index contributed by atoms with van der Waals surface area (Å²) in [7, 11) is 2.64. The summed E-state index contributed by atoms with van der Waals surface area (Å²) in [4.78, 5) is 16.9. The molecule has 0 aliphatic carbocycles. The SMILES string of the molecule is COc1cccc(N=C(N(C)C2=CNC(NC(=O)c3cccc(F)c3)C=C2)C(F)(F)F)c1. The zero-order valence-corrected chi connectivity index (χ0v) is 17.2. The first-order chi connectivity index (χ1) is 15.2. The summed E-state index contributed by atoms with van der Waals surface area (Å²) in [6.45, 7) is 0. The molecule has 1 unspecified atom stereocenters. The van der Waals surface area contributed by atoms with Crippen molar-refractivity contribution in [3.05, 3.63) is 84.0 Å². The molecule has 1 heterocycles. The number of hydrogen-bond donors (Lipinski definition) is 2. The first-order valence-electron chi connectivity index (χ1n) is 9.42. The third-order valence-electron chi connectivity index (χ3n) is 4.49. The standard InChI is InChI=1S/C22H20F4N4O2/c1-30(21(22(24,25)26)28-16-7-4-8-18(12-16)32-2)17-9-10-19(27-13-17)29-20(31)14-5-3-6-15(23)11-14/h3-13,19,27H,1-2H3,(H,29,31). The number of carbonyl (C=O) groups excluding carboxylic acids is 1. The van der Waals surface area contributed by atoms with Gasteiger partial charge in [-0.2, -0.15) is 13.2 Å². The van der Waals surface area contributed by atoms with E-state index in [1.807, 2.05) is 0 Å². The molecule has 0 bridgehead atoms. The molecule has 1 amide bonds. The first-order valence-corrected chi connectivity index (χ1v) is 9.42. The Kier molecular flexibility index (Phi) is 6.82. The van der Waals surface area contributed by atoms with Gasteiger partial charge in [0.25, 0.3) is 5.91 Å². The summed E-state index contributed by atoms with van der Waals surface area (Å²) in [6, 6.07) is 11.1. The van der Waals surface area contributed by atoms with E-state index in [0.29, 0.717) is 5.75 Å². The number of halogens is 4. The maximum atomic E-state index is 13.7. The van der Waals surface area contributed by atoms with Crippen molar-refractivity contribution in [2.75, 3.05) is 14.2 Å². The second-order valence-electron chi connectivity index (χ2n) is 6.75. The molecule has 0 aromatic heterocycles. The van der Waals surface area contributed by atoms with Gasteiger partial charge in [-0.05, 0) is 42.5 Å². The van der Waals surface area contributed by atoms with Gasteiger partial charge < -0.3 is 20.3 Å². The number of hydrogen-bond acceptors (Lipinski definition) is 4. The number of aliphatic imine (C=N–C) groups is 1. The normalized spacial score (nSPS) is 16.1. The van der Waals surface area contributed by atoms with Crippen LogP contribution < -0.4 is 15.4 Å². The van der Waals surface area contributed by atoms with Crippen LogP contribution in [0.1, 0.15) is 10.4 Å². The molecule has 2 N–H and O–H groups in total. The maximum Gasteiger partial charge on any atom is 0.449 e. The number of dihydropyridines is 1. The average Bonchev–Trinajstić information content (AvgIpc) is 2.77. The van der Waals surface area contributed by atoms with Gasteiger partial charge in [0.15, 0.2) is 0 Å². The predicted molar refractivity (Wildman–Crippen MR) is 112 cm³/mol. The zero-order valence-electron chi connectivity index (χ0n) is 17.2. The number of amides is 1. The molecule has 10 heteroatoms. The average molecular weight is 448 g/mol. The molecule has 0 saturated heterocycles. The number of amidine groups is 1. The van der Waals surface area contributed by atoms with E-state index in [2.05, 4.69) is 15.6 Å². The van der Waals surface area contributed by atoms with E-state index in [-0.39, 0.29) is 16.9 Å². The largest absolute Gasteiger partial charge is 0.497 e. The van der Waals surface area contributed by atoms with Crippen LogP contribution in [-0.4, -0.2) is 43.1 Å². The molecule has 32 heavy (non-hydrogen) atoms. The highest BCUT2D eigenvalue weighted by molar-refractivity contribution is 5.94. The molecule has 0 radical (unpaired) electrons. The van der Waals surface area contributed by atoms with Crippen molar-refractivity contribution < 1.29 is 27.1 Å². The number of carbonyl (C=O) groups is 1. The summed E-state index contributed by atoms with van der Waals surface area (Å²) in [5.41, 5.74) is 0.370. The highest BCUT2D eigenvalue weighted by Gasteiger charge is 2.39. The van der Waals surface area contributed by atoms with Gasteiger partial charge in [-0.1, -0.05) is 12.1 Å². The Morgan fingerprint density at radius 1 is 1.19 bits per heavy atom. The van der Waals surface area contributed by atoms with Crippen LogP contribution >= 0.6 is 0 Å². The lowest BCUT2D eigenvalue weighted by Gasteiger charge is -2.27. The van der Waals surface area contributed by atoms with Crippen molar-refractivity contribution >= 4 is 17.4 Å². The van der Waals surface area contributed by atoms with E-state index in [1.54, 1.807) is 12.1 Å². The Bertz CT molecular complexity index is 1080. The van der Waals surface area contributed by atoms with Gasteiger partial charge in [0.1, 0.15) is 17.7 Å². The number of allylic oxidation sites excluding steroid dienone is 1. The van der Waals surface area contributed by atoms with Crippen molar-refractivity contribution in [3.8, 4) is 5.75 Å². The number of alkyl halides is 3. The van der Waals surface area contributed by atoms with Crippen molar-refractivity contribution in [1.82, 2.24) is 15.5 Å². The van der Waals surface area contributed by atoms with Crippen LogP contribution in [0.2, 0.25) is 0 Å². The molecule has 1 aliphatic heterocycles. The minimum Gasteiger partial charge on any atom is -0.497 e. The highest BCUT2D eigenvalue weighted by Crippen LogP contribution is 2.27. The Hall–Kier alpha value is -3.82. The van der Waals surface area contributed by atoms with Crippen LogP contribution in [0.15, 0.2) is 77.6 Å². The van der Waals surface area contributed by atoms with E-state index in [9.17, 15) is 22.4 Å². The van der Waals surface area contributed by atoms with E-state index in [1.165, 1.54) is 62.8 Å². The molecule has 168 valence electrons. The van der Waals surface area contributed by atoms with E-state index < -0.39 is 29.9 Å². The van der Waals surface area contributed by atoms with Crippen molar-refractivity contribution in [2.24, 2.45) is 4.99 Å². The molecule has 0 fully saturated rings. The van der Waals surface area contributed by atoms with Crippen molar-refractivity contribution in [2.45, 2.75) is 12.3 Å². The molecule has 0 saturated carbocycles. The van der Waals surface area contributed by atoms with Crippen LogP contribution in [0.3, 0.4) is 0 Å². The van der Waals surface area contributed by atoms with Crippen molar-refractivity contribution in [1.29, 1.82) is 0 Å². The molecule has 1 aliphatic rings. The number of rotatable bonds is 5. The number of likely N-dealkylation sites (N-methyl/N-ethyl adjacent to an activating group) is 1. The van der Waals surface area contributed by atoms with Gasteiger partial charge in [0, 0.05) is 24.9 Å². The number of ether oxygens (including phenoxy) is 1. The Morgan fingerprint density at radius 2 is 1.94 bits per heavy atom. The van der Waals surface area contributed by atoms with Gasteiger partial charge in [-0.25, -0.2) is 9.38 Å². The molecule has 1 atom stereocenters. The first kappa shape index (κ1) is 22.9. The monoisotopic (exact) mass is 448 g/mol. The van der Waals surface area contributed by atoms with Gasteiger partial charge in [-0.3, -0.25) is 4.79 Å². The number of nitrogens with zero attached hydrogens (tertiary/aromatic N) is 2. The minimum absolute atomic E-state index is 0.0807. The minimum atomic E-state index is -4.73. The summed E-state index contributed by atoms with van der Waals surface area (Å²) < 4.78 is 59.4. The van der Waals surface area contributed by atoms with Crippen molar-refractivity contribution in [3.63, 3.8) is 0 Å². The molecular weight excluding hydrogens is 428 g/mol. The lowest BCUT2D eigenvalue weighted by Crippen LogP contribution is -2.45. The summed E-state index contributed by atoms with van der Waals surface area (Å²) >= 11 is 0. The van der Waals surface area contributed by atoms with E-state index in [0.717, 1.165) is 11.0 Å². The Morgan fingerprint density at radius 3 is 2.56 bits per heavy atom. The second kappa shape index (κ2) is 9.54. The third-order valence-corrected chi connectivity index (χ3v) is 4.49. The van der Waals surface area contributed by atoms with Gasteiger partial charge in [0.05, 0.1) is 18.5 Å². The third kappa shape index (κ3) is 5.65. The van der Waals surface area contributed by atoms with Crippen LogP contribution in [0, 0.1) is 5.82 Å². The van der Waals surface area contributed by atoms with E-state index in [4.69, 9.17) is 4.74 Å². The van der Waals surface area contributed by atoms with Crippen LogP contribution in [0.4, 0.5) is 23.2 Å². The number of benzene rings is 2. The molecular formula is C22H20F4N4O2. The van der Waals surface area contributed by atoms with Gasteiger partial charge in [0.2, 0.25) is 5.84 Å². The fourth-order valence-electron chi connectivity index (χ4n) is 2.88. The Labute approximate surface area is 181 Å². The maximum absolute atomic E-state index is 13.7. The predicted octanol–water partition coefficient (Wildman–Crippen LogP) is 4.12. The molecule has 2 aromatic rings. The molecule has 2 aromatic carbocycles. The fourth-order valence-corrected chi connectivity index (χ4v) is 2.88. The van der Waals surface area contributed by atoms with Crippen LogP contribution in [0.25, 0.3) is 0 Å². The van der Waals surface area contributed by atoms with Crippen LogP contribution in [-0.2, 0) is 0 Å². The van der Waals surface area contributed by atoms with Gasteiger partial charge in [-0.15, -0.1) is 0 Å². The topological polar surface area (TPSA) is 66.0 Å². The molecule has 3 rings (SSSR count). The number of nitrogens with one attached hydrogen (secondary N) is 2. The lowest BCUT2D eigenvalue weighted by molar-refractivity contribution is -0.0663. The van der Waals surface area contributed by atoms with E-state index >= 15 is 0 Å².